The Hall–Kier alpha value is -1.76. The van der Waals surface area contributed by atoms with Gasteiger partial charge in [-0.05, 0) is 48.5 Å². The number of hydrogen-bond acceptors (Lipinski definition) is 3. The molecule has 0 radical (unpaired) electrons. The molecule has 1 rings (SSSR count). The molecule has 0 aliphatic rings. The van der Waals surface area contributed by atoms with Crippen LogP contribution in [0.4, 0.5) is 8.78 Å². The molecule has 0 saturated carbocycles. The van der Waals surface area contributed by atoms with E-state index in [1.54, 1.807) is 30.4 Å². The maximum atomic E-state index is 12.0. The van der Waals surface area contributed by atoms with Gasteiger partial charge in [0.25, 0.3) is 0 Å². The summed E-state index contributed by atoms with van der Waals surface area (Å²) in [5.74, 6) is 0.118. The summed E-state index contributed by atoms with van der Waals surface area (Å²) in [5, 5.41) is 9.36. The first-order valence-corrected chi connectivity index (χ1v) is 7.04. The highest BCUT2D eigenvalue weighted by Gasteiger charge is 2.03. The summed E-state index contributed by atoms with van der Waals surface area (Å²) in [6.45, 7) is 0.102. The number of thiocarbonyl (C=S) groups is 1. The Morgan fingerprint density at radius 1 is 1.43 bits per heavy atom. The van der Waals surface area contributed by atoms with Crippen molar-refractivity contribution in [2.45, 2.75) is 26.4 Å². The zero-order chi connectivity index (χ0) is 15.7. The number of nitrogens with zero attached hydrogens (tertiary/aromatic N) is 2. The summed E-state index contributed by atoms with van der Waals surface area (Å²) in [7, 11) is 1.74. The number of benzene rings is 1. The highest BCUT2D eigenvalue weighted by molar-refractivity contribution is 7.80. The molecule has 0 fully saturated rings. The van der Waals surface area contributed by atoms with Crippen LogP contribution in [0, 0.1) is 0 Å². The van der Waals surface area contributed by atoms with Crippen LogP contribution >= 0.6 is 12.2 Å². The number of hydrogen-bond donors (Lipinski definition) is 1. The summed E-state index contributed by atoms with van der Waals surface area (Å²) in [5.41, 5.74) is 0.764. The van der Waals surface area contributed by atoms with Crippen LogP contribution in [-0.2, 0) is 0 Å². The van der Waals surface area contributed by atoms with E-state index in [-0.39, 0.29) is 5.75 Å². The Labute approximate surface area is 128 Å². The van der Waals surface area contributed by atoms with E-state index >= 15 is 0 Å². The van der Waals surface area contributed by atoms with Crippen LogP contribution in [0.5, 0.6) is 5.75 Å². The summed E-state index contributed by atoms with van der Waals surface area (Å²) >= 11 is 5.17. The number of unbranched alkanes of at least 4 members (excludes halogenated alkanes) is 1. The number of nitrogens with one attached hydrogen (secondary N) is 1. The van der Waals surface area contributed by atoms with Crippen LogP contribution in [0.1, 0.15) is 25.3 Å². The van der Waals surface area contributed by atoms with Gasteiger partial charge in [-0.2, -0.15) is 13.9 Å². The normalized spacial score (nSPS) is 10.9. The molecule has 21 heavy (non-hydrogen) atoms. The van der Waals surface area contributed by atoms with Crippen LogP contribution < -0.4 is 10.1 Å². The lowest BCUT2D eigenvalue weighted by atomic mass is 10.2. The minimum atomic E-state index is -2.82. The maximum absolute atomic E-state index is 12.0. The van der Waals surface area contributed by atoms with Gasteiger partial charge in [0.2, 0.25) is 0 Å². The maximum Gasteiger partial charge on any atom is 0.387 e. The third-order valence-electron chi connectivity index (χ3n) is 2.59. The number of halogens is 2. The van der Waals surface area contributed by atoms with E-state index in [9.17, 15) is 8.78 Å². The predicted octanol–water partition coefficient (Wildman–Crippen LogP) is 3.23. The second kappa shape index (κ2) is 9.23. The highest BCUT2D eigenvalue weighted by Crippen LogP contribution is 2.14. The predicted molar refractivity (Wildman–Crippen MR) is 83.9 cm³/mol. The van der Waals surface area contributed by atoms with Crippen molar-refractivity contribution in [3.8, 4) is 5.75 Å². The van der Waals surface area contributed by atoms with Crippen LogP contribution in [0.25, 0.3) is 0 Å². The van der Waals surface area contributed by atoms with Gasteiger partial charge in [-0.15, -0.1) is 0 Å². The van der Waals surface area contributed by atoms with Gasteiger partial charge >= 0.3 is 6.61 Å². The standard InChI is InChI=1S/C14H19F2N3OS/c1-3-4-9-17-14(21)19(2)18-10-11-5-7-12(8-6-11)20-13(15)16/h5-8,10,13H,3-4,9H2,1-2H3,(H,17,21)/b18-10+. The lowest BCUT2D eigenvalue weighted by Gasteiger charge is -2.15. The molecule has 0 aromatic heterocycles. The van der Waals surface area contributed by atoms with Gasteiger partial charge < -0.3 is 10.1 Å². The fraction of sp³-hybridized carbons (Fsp3) is 0.429. The van der Waals surface area contributed by atoms with E-state index in [0.29, 0.717) is 5.11 Å². The molecule has 0 amide bonds. The topological polar surface area (TPSA) is 36.9 Å². The average molecular weight is 315 g/mol. The molecule has 0 atom stereocenters. The monoisotopic (exact) mass is 315 g/mol. The molecule has 1 N–H and O–H groups in total. The molecular weight excluding hydrogens is 296 g/mol. The minimum Gasteiger partial charge on any atom is -0.435 e. The second-order valence-corrected chi connectivity index (χ2v) is 4.69. The molecule has 0 aliphatic carbocycles. The highest BCUT2D eigenvalue weighted by atomic mass is 32.1. The van der Waals surface area contributed by atoms with Crippen LogP contribution in [0.15, 0.2) is 29.4 Å². The van der Waals surface area contributed by atoms with Crippen LogP contribution in [0.3, 0.4) is 0 Å². The van der Waals surface area contributed by atoms with E-state index < -0.39 is 6.61 Å². The van der Waals surface area contributed by atoms with E-state index in [2.05, 4.69) is 22.1 Å². The quantitative estimate of drug-likeness (QED) is 0.363. The van der Waals surface area contributed by atoms with E-state index in [4.69, 9.17) is 12.2 Å². The number of ether oxygens (including phenoxy) is 1. The Bertz CT molecular complexity index is 466. The van der Waals surface area contributed by atoms with Crippen molar-refractivity contribution in [2.75, 3.05) is 13.6 Å². The van der Waals surface area contributed by atoms with E-state index in [1.165, 1.54) is 12.1 Å². The van der Waals surface area contributed by atoms with Gasteiger partial charge in [-0.25, -0.2) is 5.01 Å². The van der Waals surface area contributed by atoms with E-state index in [0.717, 1.165) is 24.9 Å². The third-order valence-corrected chi connectivity index (χ3v) is 2.99. The Kier molecular flexibility index (Phi) is 7.60. The van der Waals surface area contributed by atoms with Crippen LogP contribution in [-0.4, -0.2) is 36.5 Å². The van der Waals surface area contributed by atoms with Crippen molar-refractivity contribution in [1.82, 2.24) is 10.3 Å². The Balaban J connectivity index is 2.49. The van der Waals surface area contributed by atoms with Crippen molar-refractivity contribution in [2.24, 2.45) is 5.10 Å². The zero-order valence-corrected chi connectivity index (χ0v) is 12.9. The first-order chi connectivity index (χ1) is 10.0. The Morgan fingerprint density at radius 2 is 2.10 bits per heavy atom. The summed E-state index contributed by atoms with van der Waals surface area (Å²) in [4.78, 5) is 0. The van der Waals surface area contributed by atoms with Gasteiger partial charge in [-0.1, -0.05) is 13.3 Å². The Morgan fingerprint density at radius 3 is 2.67 bits per heavy atom. The average Bonchev–Trinajstić information content (AvgIpc) is 2.45. The first kappa shape index (κ1) is 17.3. The summed E-state index contributed by atoms with van der Waals surface area (Å²) < 4.78 is 28.3. The second-order valence-electron chi connectivity index (χ2n) is 4.30. The molecule has 0 unspecified atom stereocenters. The summed E-state index contributed by atoms with van der Waals surface area (Å²) in [6.07, 6.45) is 3.74. The molecule has 0 saturated heterocycles. The summed E-state index contributed by atoms with van der Waals surface area (Å²) in [6, 6.07) is 6.21. The van der Waals surface area contributed by atoms with Crippen molar-refractivity contribution < 1.29 is 13.5 Å². The lowest BCUT2D eigenvalue weighted by molar-refractivity contribution is -0.0498. The fourth-order valence-electron chi connectivity index (χ4n) is 1.43. The van der Waals surface area contributed by atoms with E-state index in [1.807, 2.05) is 0 Å². The largest absolute Gasteiger partial charge is 0.435 e. The van der Waals surface area contributed by atoms with Crippen molar-refractivity contribution in [3.63, 3.8) is 0 Å². The number of rotatable bonds is 7. The SMILES string of the molecule is CCCCNC(=S)N(C)/N=C/c1ccc(OC(F)F)cc1. The van der Waals surface area contributed by atoms with Gasteiger partial charge in [-0.3, -0.25) is 0 Å². The molecule has 1 aromatic carbocycles. The number of hydrazone groups is 1. The fourth-order valence-corrected chi connectivity index (χ4v) is 1.58. The molecule has 0 heterocycles. The van der Waals surface area contributed by atoms with Crippen molar-refractivity contribution >= 4 is 23.5 Å². The minimum absolute atomic E-state index is 0.118. The van der Waals surface area contributed by atoms with Crippen LogP contribution in [0.2, 0.25) is 0 Å². The molecule has 0 spiro atoms. The number of alkyl halides is 2. The van der Waals surface area contributed by atoms with Crippen molar-refractivity contribution in [1.29, 1.82) is 0 Å². The van der Waals surface area contributed by atoms with Gasteiger partial charge in [0.05, 0.1) is 6.21 Å². The molecule has 1 aromatic rings. The molecular formula is C14H19F2N3OS. The van der Waals surface area contributed by atoms with Gasteiger partial charge in [0, 0.05) is 13.6 Å². The third kappa shape index (κ3) is 6.99. The van der Waals surface area contributed by atoms with Crippen molar-refractivity contribution in [3.05, 3.63) is 29.8 Å². The molecule has 0 aliphatic heterocycles. The molecule has 4 nitrogen and oxygen atoms in total. The van der Waals surface area contributed by atoms with Gasteiger partial charge in [0.1, 0.15) is 5.75 Å². The van der Waals surface area contributed by atoms with Gasteiger partial charge in [0.15, 0.2) is 5.11 Å². The lowest BCUT2D eigenvalue weighted by Crippen LogP contribution is -2.34. The molecule has 0 bridgehead atoms. The smallest absolute Gasteiger partial charge is 0.387 e. The zero-order valence-electron chi connectivity index (χ0n) is 12.1. The molecule has 116 valence electrons. The first-order valence-electron chi connectivity index (χ1n) is 6.63. The molecule has 7 heteroatoms.